The lowest BCUT2D eigenvalue weighted by Gasteiger charge is -2.39. The van der Waals surface area contributed by atoms with Crippen molar-refractivity contribution >= 4 is 50.6 Å². The summed E-state index contributed by atoms with van der Waals surface area (Å²) < 4.78 is 44.6. The summed E-state index contributed by atoms with van der Waals surface area (Å²) in [5.41, 5.74) is 2.37. The third-order valence-corrected chi connectivity index (χ3v) is 7.96. The van der Waals surface area contributed by atoms with Gasteiger partial charge in [-0.1, -0.05) is 38.1 Å². The minimum absolute atomic E-state index is 0.0241. The lowest BCUT2D eigenvalue weighted by atomic mass is 9.97. The molecule has 1 aromatic carbocycles. The predicted octanol–water partition coefficient (Wildman–Crippen LogP) is 5.92. The Morgan fingerprint density at radius 2 is 1.82 bits per heavy atom. The van der Waals surface area contributed by atoms with Gasteiger partial charge in [0, 0.05) is 28.2 Å². The molecule has 9 nitrogen and oxygen atoms in total. The standard InChI is InChI=1S/C29H40IN3O6S/c1-18(2)25-23(15-14-21-16-22(38-29(6,7)37-21)17-24(34)39-28(3,4)5)26(19-10-12-20(30)13-11-19)32-27(31-25)33(8)40(9,35)36/h10-15,18,21-22H,16-17H2,1-9H3/b15-14+/t21-,22-/m1/s1. The molecule has 1 aliphatic rings. The Balaban J connectivity index is 2.04. The number of carbonyl (C=O) groups excluding carboxylic acids is 1. The summed E-state index contributed by atoms with van der Waals surface area (Å²) in [5, 5.41) is 0. The Morgan fingerprint density at radius 1 is 1.20 bits per heavy atom. The summed E-state index contributed by atoms with van der Waals surface area (Å²) in [4.78, 5) is 21.9. The van der Waals surface area contributed by atoms with Crippen molar-refractivity contribution < 1.29 is 27.4 Å². The molecule has 0 aliphatic carbocycles. The lowest BCUT2D eigenvalue weighted by Crippen LogP contribution is -2.45. The highest BCUT2D eigenvalue weighted by Gasteiger charge is 2.36. The summed E-state index contributed by atoms with van der Waals surface area (Å²) in [7, 11) is -2.12. The van der Waals surface area contributed by atoms with Gasteiger partial charge in [0.2, 0.25) is 16.0 Å². The van der Waals surface area contributed by atoms with Crippen LogP contribution in [-0.4, -0.2) is 61.3 Å². The van der Waals surface area contributed by atoms with Gasteiger partial charge in [0.25, 0.3) is 0 Å². The molecule has 0 spiro atoms. The van der Waals surface area contributed by atoms with Crippen molar-refractivity contribution in [1.29, 1.82) is 0 Å². The molecule has 0 amide bonds. The number of rotatable bonds is 8. The Hall–Kier alpha value is -2.09. The molecule has 3 rings (SSSR count). The van der Waals surface area contributed by atoms with Crippen LogP contribution in [0.3, 0.4) is 0 Å². The van der Waals surface area contributed by atoms with E-state index in [1.54, 1.807) is 0 Å². The van der Waals surface area contributed by atoms with Gasteiger partial charge in [-0.05, 0) is 75.3 Å². The third-order valence-electron chi connectivity index (χ3n) is 6.08. The molecule has 0 unspecified atom stereocenters. The first-order valence-corrected chi connectivity index (χ1v) is 16.1. The molecule has 0 bridgehead atoms. The number of aromatic nitrogens is 2. The molecule has 1 aromatic heterocycles. The highest BCUT2D eigenvalue weighted by molar-refractivity contribution is 14.1. The molecule has 2 aromatic rings. The van der Waals surface area contributed by atoms with E-state index in [0.717, 1.165) is 25.3 Å². The zero-order chi connectivity index (χ0) is 30.0. The molecule has 11 heteroatoms. The Morgan fingerprint density at radius 3 is 2.38 bits per heavy atom. The zero-order valence-corrected chi connectivity index (χ0v) is 27.7. The summed E-state index contributed by atoms with van der Waals surface area (Å²) in [6, 6.07) is 7.87. The summed E-state index contributed by atoms with van der Waals surface area (Å²) in [5.74, 6) is -1.14. The van der Waals surface area contributed by atoms with E-state index in [4.69, 9.17) is 19.2 Å². The molecular weight excluding hydrogens is 645 g/mol. The van der Waals surface area contributed by atoms with E-state index < -0.39 is 21.4 Å². The minimum atomic E-state index is -3.57. The Kier molecular flexibility index (Phi) is 10.1. The highest BCUT2D eigenvalue weighted by Crippen LogP contribution is 2.34. The highest BCUT2D eigenvalue weighted by atomic mass is 127. The van der Waals surface area contributed by atoms with Crippen LogP contribution in [0.4, 0.5) is 5.95 Å². The second-order valence-corrected chi connectivity index (χ2v) is 15.0. The first-order valence-electron chi connectivity index (χ1n) is 13.2. The van der Waals surface area contributed by atoms with Crippen LogP contribution in [0.5, 0.6) is 0 Å². The van der Waals surface area contributed by atoms with Gasteiger partial charge in [0.05, 0.1) is 36.3 Å². The maximum atomic E-state index is 12.5. The van der Waals surface area contributed by atoms with Gasteiger partial charge >= 0.3 is 5.97 Å². The van der Waals surface area contributed by atoms with Gasteiger partial charge in [0.1, 0.15) is 5.60 Å². The average Bonchev–Trinajstić information content (AvgIpc) is 2.79. The fourth-order valence-corrected chi connectivity index (χ4v) is 5.10. The largest absolute Gasteiger partial charge is 0.460 e. The smallest absolute Gasteiger partial charge is 0.308 e. The molecule has 1 fully saturated rings. The fraction of sp³-hybridized carbons (Fsp3) is 0.552. The van der Waals surface area contributed by atoms with Gasteiger partial charge < -0.3 is 14.2 Å². The summed E-state index contributed by atoms with van der Waals surface area (Å²) in [6.45, 7) is 13.2. The third kappa shape index (κ3) is 8.95. The van der Waals surface area contributed by atoms with E-state index in [-0.39, 0.29) is 36.5 Å². The molecule has 1 saturated heterocycles. The number of carbonyl (C=O) groups is 1. The van der Waals surface area contributed by atoms with Crippen LogP contribution in [0.25, 0.3) is 17.3 Å². The van der Waals surface area contributed by atoms with Gasteiger partial charge in [-0.3, -0.25) is 4.79 Å². The van der Waals surface area contributed by atoms with Crippen molar-refractivity contribution in [2.45, 2.75) is 90.8 Å². The number of ether oxygens (including phenoxy) is 3. The van der Waals surface area contributed by atoms with E-state index in [0.29, 0.717) is 17.8 Å². The molecule has 2 heterocycles. The first-order chi connectivity index (χ1) is 18.3. The minimum Gasteiger partial charge on any atom is -0.460 e. The van der Waals surface area contributed by atoms with Crippen molar-refractivity contribution in [2.24, 2.45) is 0 Å². The Labute approximate surface area is 251 Å². The number of sulfonamides is 1. The number of hydrogen-bond donors (Lipinski definition) is 0. The molecular formula is C29H40IN3O6S. The van der Waals surface area contributed by atoms with Crippen molar-refractivity contribution in [3.05, 3.63) is 45.2 Å². The van der Waals surface area contributed by atoms with Crippen molar-refractivity contribution in [1.82, 2.24) is 9.97 Å². The van der Waals surface area contributed by atoms with E-state index >= 15 is 0 Å². The number of halogens is 1. The van der Waals surface area contributed by atoms with Crippen molar-refractivity contribution in [2.75, 3.05) is 17.6 Å². The van der Waals surface area contributed by atoms with E-state index in [2.05, 4.69) is 27.6 Å². The molecule has 0 N–H and O–H groups in total. The van der Waals surface area contributed by atoms with Crippen LogP contribution in [0.15, 0.2) is 30.3 Å². The van der Waals surface area contributed by atoms with Gasteiger partial charge in [-0.15, -0.1) is 0 Å². The molecule has 1 aliphatic heterocycles. The zero-order valence-electron chi connectivity index (χ0n) is 24.7. The van der Waals surface area contributed by atoms with Crippen LogP contribution in [-0.2, 0) is 29.0 Å². The topological polar surface area (TPSA) is 108 Å². The van der Waals surface area contributed by atoms with Crippen LogP contribution in [0.1, 0.15) is 78.5 Å². The lowest BCUT2D eigenvalue weighted by molar-refractivity contribution is -0.290. The monoisotopic (exact) mass is 685 g/mol. The first kappa shape index (κ1) is 32.4. The van der Waals surface area contributed by atoms with Crippen molar-refractivity contribution in [3.63, 3.8) is 0 Å². The van der Waals surface area contributed by atoms with E-state index in [9.17, 15) is 13.2 Å². The number of esters is 1. The predicted molar refractivity (Wildman–Crippen MR) is 165 cm³/mol. The average molecular weight is 686 g/mol. The maximum absolute atomic E-state index is 12.5. The van der Waals surface area contributed by atoms with Gasteiger partial charge in [-0.2, -0.15) is 0 Å². The molecule has 2 atom stereocenters. The molecule has 0 radical (unpaired) electrons. The number of anilines is 1. The second-order valence-electron chi connectivity index (χ2n) is 11.7. The number of benzene rings is 1. The molecule has 220 valence electrons. The number of hydrogen-bond acceptors (Lipinski definition) is 8. The van der Waals surface area contributed by atoms with Gasteiger partial charge in [-0.25, -0.2) is 22.7 Å². The summed E-state index contributed by atoms with van der Waals surface area (Å²) >= 11 is 2.24. The van der Waals surface area contributed by atoms with Gasteiger partial charge in [0.15, 0.2) is 5.79 Å². The van der Waals surface area contributed by atoms with E-state index in [1.165, 1.54) is 7.05 Å². The van der Waals surface area contributed by atoms with Crippen LogP contribution < -0.4 is 4.31 Å². The number of nitrogens with zero attached hydrogens (tertiary/aromatic N) is 3. The Bertz CT molecular complexity index is 1350. The fourth-order valence-electron chi connectivity index (χ4n) is 4.36. The summed E-state index contributed by atoms with van der Waals surface area (Å²) in [6.07, 6.45) is 4.85. The molecule has 40 heavy (non-hydrogen) atoms. The quantitative estimate of drug-likeness (QED) is 0.249. The van der Waals surface area contributed by atoms with Crippen LogP contribution in [0, 0.1) is 3.57 Å². The van der Waals surface area contributed by atoms with Crippen LogP contribution in [0.2, 0.25) is 0 Å². The second kappa shape index (κ2) is 12.4. The van der Waals surface area contributed by atoms with Crippen LogP contribution >= 0.6 is 22.6 Å². The normalized spacial score (nSPS) is 19.7. The van der Waals surface area contributed by atoms with E-state index in [1.807, 2.05) is 84.9 Å². The maximum Gasteiger partial charge on any atom is 0.308 e. The van der Waals surface area contributed by atoms with Crippen molar-refractivity contribution in [3.8, 4) is 11.3 Å². The SMILES string of the molecule is CC(C)c1nc(N(C)S(C)(=O)=O)nc(-c2ccc(I)cc2)c1/C=C/[C@@H]1C[C@H](CC(=O)OC(C)(C)C)OC(C)(C)O1. The molecule has 0 saturated carbocycles.